The van der Waals surface area contributed by atoms with Crippen LogP contribution < -0.4 is 15.2 Å². The van der Waals surface area contributed by atoms with Crippen LogP contribution in [0, 0.1) is 5.92 Å². The first kappa shape index (κ1) is 28.8. The second-order valence-electron chi connectivity index (χ2n) is 11.8. The standard InChI is InChI=1S/C28H34BrN7O5S/c1-28(2,3)41-27(38)35-11-7-18(35)25(37)34-8-4-16(5-9-34)6-10-36-24-22(23(30)31-14-32-24)33-26(36)42-21-13-20-19(12-17(21)29)39-15-40-20/h12-14,16,18H,4-11,15H2,1-3H3,(H2,30,31,32)/t18-/m0/s1. The van der Waals surface area contributed by atoms with Crippen molar-refractivity contribution in [2.45, 2.75) is 74.7 Å². The fourth-order valence-corrected chi connectivity index (χ4v) is 6.95. The van der Waals surface area contributed by atoms with Crippen molar-refractivity contribution in [1.82, 2.24) is 29.3 Å². The van der Waals surface area contributed by atoms with Crippen molar-refractivity contribution in [2.75, 3.05) is 32.2 Å². The van der Waals surface area contributed by atoms with E-state index in [1.165, 1.54) is 18.1 Å². The minimum absolute atomic E-state index is 0.0197. The van der Waals surface area contributed by atoms with E-state index >= 15 is 0 Å². The van der Waals surface area contributed by atoms with Gasteiger partial charge in [-0.05, 0) is 80.4 Å². The molecule has 3 aromatic rings. The number of nitrogen functional groups attached to an aromatic ring is 1. The van der Waals surface area contributed by atoms with Crippen LogP contribution in [0.25, 0.3) is 11.2 Å². The average molecular weight is 661 g/mol. The van der Waals surface area contributed by atoms with Crippen molar-refractivity contribution in [2.24, 2.45) is 5.92 Å². The number of nitrogens with two attached hydrogens (primary N) is 1. The lowest BCUT2D eigenvalue weighted by Gasteiger charge is -2.43. The molecular formula is C28H34BrN7O5S. The largest absolute Gasteiger partial charge is 0.454 e. The molecule has 14 heteroatoms. The van der Waals surface area contributed by atoms with Crippen LogP contribution in [-0.4, -0.2) is 79.4 Å². The maximum atomic E-state index is 13.2. The van der Waals surface area contributed by atoms with Crippen molar-refractivity contribution >= 4 is 56.7 Å². The number of hydrogen-bond donors (Lipinski definition) is 1. The molecule has 224 valence electrons. The number of carbonyl (C=O) groups excluding carboxylic acids is 2. The van der Waals surface area contributed by atoms with Crippen LogP contribution in [-0.2, 0) is 16.1 Å². The van der Waals surface area contributed by atoms with Gasteiger partial charge in [0.1, 0.15) is 18.0 Å². The highest BCUT2D eigenvalue weighted by Crippen LogP contribution is 2.43. The Kier molecular flexibility index (Phi) is 7.85. The molecule has 2 aromatic heterocycles. The quantitative estimate of drug-likeness (QED) is 0.397. The normalized spacial score (nSPS) is 18.8. The molecule has 1 aromatic carbocycles. The number of imidazole rings is 1. The molecule has 0 saturated carbocycles. The number of fused-ring (bicyclic) bond motifs is 2. The SMILES string of the molecule is CC(C)(C)OC(=O)N1CC[C@H]1C(=O)N1CCC(CCn2c(Sc3cc4c(cc3Br)OCO4)nc3c(N)ncnc32)CC1. The van der Waals surface area contributed by atoms with Gasteiger partial charge < -0.3 is 29.4 Å². The molecular weight excluding hydrogens is 626 g/mol. The lowest BCUT2D eigenvalue weighted by Crippen LogP contribution is -2.60. The van der Waals surface area contributed by atoms with Gasteiger partial charge in [-0.2, -0.15) is 0 Å². The number of likely N-dealkylation sites (tertiary alicyclic amines) is 2. The molecule has 2 saturated heterocycles. The summed E-state index contributed by atoms with van der Waals surface area (Å²) in [4.78, 5) is 43.6. The van der Waals surface area contributed by atoms with Crippen LogP contribution >= 0.6 is 27.7 Å². The van der Waals surface area contributed by atoms with Gasteiger partial charge in [-0.3, -0.25) is 9.69 Å². The molecule has 0 unspecified atom stereocenters. The van der Waals surface area contributed by atoms with E-state index in [0.717, 1.165) is 33.8 Å². The van der Waals surface area contributed by atoms with E-state index in [-0.39, 0.29) is 12.7 Å². The van der Waals surface area contributed by atoms with E-state index in [1.54, 1.807) is 4.90 Å². The van der Waals surface area contributed by atoms with Crippen LogP contribution in [0.15, 0.2) is 33.0 Å². The number of hydrogen-bond acceptors (Lipinski definition) is 10. The van der Waals surface area contributed by atoms with E-state index in [1.807, 2.05) is 37.8 Å². The van der Waals surface area contributed by atoms with Crippen molar-refractivity contribution in [1.29, 1.82) is 0 Å². The van der Waals surface area contributed by atoms with E-state index < -0.39 is 17.7 Å². The molecule has 1 atom stereocenters. The van der Waals surface area contributed by atoms with Gasteiger partial charge >= 0.3 is 6.09 Å². The Morgan fingerprint density at radius 1 is 1.12 bits per heavy atom. The zero-order valence-corrected chi connectivity index (χ0v) is 26.2. The number of benzene rings is 1. The van der Waals surface area contributed by atoms with E-state index in [4.69, 9.17) is 24.9 Å². The first-order valence-electron chi connectivity index (χ1n) is 14.1. The molecule has 12 nitrogen and oxygen atoms in total. The Morgan fingerprint density at radius 3 is 2.55 bits per heavy atom. The van der Waals surface area contributed by atoms with Crippen molar-refractivity contribution in [3.05, 3.63) is 22.9 Å². The zero-order chi connectivity index (χ0) is 29.6. The molecule has 2 fully saturated rings. The first-order valence-corrected chi connectivity index (χ1v) is 15.7. The Labute approximate surface area is 256 Å². The summed E-state index contributed by atoms with van der Waals surface area (Å²) in [5.74, 6) is 2.19. The number of piperidine rings is 1. The van der Waals surface area contributed by atoms with Crippen LogP contribution in [0.5, 0.6) is 11.5 Å². The lowest BCUT2D eigenvalue weighted by atomic mass is 9.92. The average Bonchev–Trinajstić information content (AvgIpc) is 3.50. The number of rotatable bonds is 6. The van der Waals surface area contributed by atoms with Crippen molar-refractivity contribution < 1.29 is 23.8 Å². The Bertz CT molecular complexity index is 1520. The summed E-state index contributed by atoms with van der Waals surface area (Å²) in [6, 6.07) is 3.42. The summed E-state index contributed by atoms with van der Waals surface area (Å²) in [5.41, 5.74) is 6.85. The third-order valence-corrected chi connectivity index (χ3v) is 9.74. The highest BCUT2D eigenvalue weighted by molar-refractivity contribution is 9.10. The monoisotopic (exact) mass is 659 g/mol. The maximum Gasteiger partial charge on any atom is 0.410 e. The highest BCUT2D eigenvalue weighted by Gasteiger charge is 2.42. The Balaban J connectivity index is 1.10. The highest BCUT2D eigenvalue weighted by atomic mass is 79.9. The van der Waals surface area contributed by atoms with E-state index in [0.29, 0.717) is 67.0 Å². The molecule has 2 amide bonds. The van der Waals surface area contributed by atoms with Gasteiger partial charge in [-0.15, -0.1) is 0 Å². The molecule has 0 radical (unpaired) electrons. The number of amides is 2. The molecule has 3 aliphatic heterocycles. The van der Waals surface area contributed by atoms with Crippen molar-refractivity contribution in [3.8, 4) is 11.5 Å². The number of anilines is 1. The van der Waals surface area contributed by atoms with Gasteiger partial charge in [0.15, 0.2) is 33.6 Å². The second kappa shape index (κ2) is 11.4. The minimum Gasteiger partial charge on any atom is -0.454 e. The summed E-state index contributed by atoms with van der Waals surface area (Å²) in [6.07, 6.45) is 4.42. The van der Waals surface area contributed by atoms with Gasteiger partial charge in [0.05, 0.1) is 0 Å². The Hall–Kier alpha value is -3.26. The van der Waals surface area contributed by atoms with Gasteiger partial charge in [0.2, 0.25) is 12.7 Å². The third-order valence-electron chi connectivity index (χ3n) is 7.77. The van der Waals surface area contributed by atoms with Gasteiger partial charge in [-0.25, -0.2) is 19.7 Å². The predicted octanol–water partition coefficient (Wildman–Crippen LogP) is 4.69. The third kappa shape index (κ3) is 5.83. The molecule has 0 bridgehead atoms. The number of aromatic nitrogens is 4. The summed E-state index contributed by atoms with van der Waals surface area (Å²) < 4.78 is 19.5. The van der Waals surface area contributed by atoms with Crippen LogP contribution in [0.1, 0.15) is 46.5 Å². The summed E-state index contributed by atoms with van der Waals surface area (Å²) >= 11 is 5.15. The molecule has 6 rings (SSSR count). The van der Waals surface area contributed by atoms with Crippen molar-refractivity contribution in [3.63, 3.8) is 0 Å². The molecule has 5 heterocycles. The lowest BCUT2D eigenvalue weighted by molar-refractivity contribution is -0.142. The van der Waals surface area contributed by atoms with Gasteiger partial charge in [-0.1, -0.05) is 11.8 Å². The topological polar surface area (TPSA) is 138 Å². The molecule has 2 N–H and O–H groups in total. The zero-order valence-electron chi connectivity index (χ0n) is 23.8. The molecule has 0 aliphatic carbocycles. The molecule has 3 aliphatic rings. The first-order chi connectivity index (χ1) is 20.1. The number of nitrogens with zero attached hydrogens (tertiary/aromatic N) is 6. The van der Waals surface area contributed by atoms with Gasteiger partial charge in [0, 0.05) is 35.5 Å². The van der Waals surface area contributed by atoms with Crippen LogP contribution in [0.4, 0.5) is 10.6 Å². The van der Waals surface area contributed by atoms with Crippen LogP contribution in [0.3, 0.4) is 0 Å². The summed E-state index contributed by atoms with van der Waals surface area (Å²) in [5, 5.41) is 0.761. The second-order valence-corrected chi connectivity index (χ2v) is 13.6. The fraction of sp³-hybridized carbons (Fsp3) is 0.536. The van der Waals surface area contributed by atoms with E-state index in [9.17, 15) is 9.59 Å². The number of halogens is 1. The Morgan fingerprint density at radius 2 is 1.86 bits per heavy atom. The van der Waals surface area contributed by atoms with E-state index in [2.05, 4.69) is 30.5 Å². The smallest absolute Gasteiger partial charge is 0.410 e. The summed E-state index contributed by atoms with van der Waals surface area (Å²) in [6.45, 7) is 8.30. The predicted molar refractivity (Wildman–Crippen MR) is 159 cm³/mol. The number of ether oxygens (including phenoxy) is 3. The fourth-order valence-electron chi connectivity index (χ4n) is 5.44. The minimum atomic E-state index is -0.587. The number of aryl methyl sites for hydroxylation is 1. The molecule has 42 heavy (non-hydrogen) atoms. The maximum absolute atomic E-state index is 13.2. The van der Waals surface area contributed by atoms with Crippen LogP contribution in [0.2, 0.25) is 0 Å². The summed E-state index contributed by atoms with van der Waals surface area (Å²) in [7, 11) is 0. The van der Waals surface area contributed by atoms with Gasteiger partial charge in [0.25, 0.3) is 0 Å². The molecule has 0 spiro atoms. The number of carbonyl (C=O) groups is 2.